The second-order valence-electron chi connectivity index (χ2n) is 7.34. The van der Waals surface area contributed by atoms with Gasteiger partial charge in [0.15, 0.2) is 11.6 Å². The average Bonchev–Trinajstić information content (AvgIpc) is 2.75. The van der Waals surface area contributed by atoms with Crippen LogP contribution in [0.1, 0.15) is 16.7 Å². The Morgan fingerprint density at radius 2 is 1.38 bits per heavy atom. The molecular weight excluding hydrogens is 356 g/mol. The maximum atomic E-state index is 12.7. The molecule has 29 heavy (non-hydrogen) atoms. The van der Waals surface area contributed by atoms with Crippen molar-refractivity contribution >= 4 is 38.7 Å². The molecule has 0 N–H and O–H groups in total. The summed E-state index contributed by atoms with van der Waals surface area (Å²) in [5.74, 6) is -0.275. The van der Waals surface area contributed by atoms with E-state index < -0.39 is 0 Å². The minimum atomic E-state index is -0.150. The molecule has 4 aromatic carbocycles. The third-order valence-corrected chi connectivity index (χ3v) is 5.43. The van der Waals surface area contributed by atoms with E-state index in [2.05, 4.69) is 48.5 Å². The third kappa shape index (κ3) is 3.19. The highest BCUT2D eigenvalue weighted by Crippen LogP contribution is 2.34. The SMILES string of the molecule is O=C1C=CC(=O)C(c2c(Cc3ccccc3)ccc3cc4ccccc4cc23)=C1. The molecule has 0 unspecified atom stereocenters. The normalized spacial score (nSPS) is 13.9. The molecule has 0 bridgehead atoms. The van der Waals surface area contributed by atoms with E-state index in [4.69, 9.17) is 0 Å². The van der Waals surface area contributed by atoms with E-state index in [0.717, 1.165) is 32.7 Å². The molecule has 0 fully saturated rings. The summed E-state index contributed by atoms with van der Waals surface area (Å²) in [6.07, 6.45) is 4.88. The first-order valence-electron chi connectivity index (χ1n) is 9.66. The monoisotopic (exact) mass is 374 g/mol. The summed E-state index contributed by atoms with van der Waals surface area (Å²) in [5.41, 5.74) is 3.55. The Bertz CT molecular complexity index is 1340. The number of benzene rings is 4. The Balaban J connectivity index is 1.80. The third-order valence-electron chi connectivity index (χ3n) is 5.43. The second-order valence-corrected chi connectivity index (χ2v) is 7.34. The van der Waals surface area contributed by atoms with Crippen molar-refractivity contribution in [2.45, 2.75) is 6.42 Å². The van der Waals surface area contributed by atoms with Crippen molar-refractivity contribution in [3.8, 4) is 0 Å². The van der Waals surface area contributed by atoms with Gasteiger partial charge in [-0.05, 0) is 75.0 Å². The molecule has 0 spiro atoms. The molecule has 0 saturated carbocycles. The molecule has 1 aliphatic carbocycles. The highest BCUT2D eigenvalue weighted by molar-refractivity contribution is 6.36. The van der Waals surface area contributed by atoms with Gasteiger partial charge in [0.05, 0.1) is 0 Å². The second kappa shape index (κ2) is 6.99. The first-order valence-corrected chi connectivity index (χ1v) is 9.66. The topological polar surface area (TPSA) is 34.1 Å². The van der Waals surface area contributed by atoms with Gasteiger partial charge in [-0.1, -0.05) is 66.7 Å². The van der Waals surface area contributed by atoms with Gasteiger partial charge < -0.3 is 0 Å². The van der Waals surface area contributed by atoms with Crippen LogP contribution in [0, 0.1) is 0 Å². The lowest BCUT2D eigenvalue weighted by Gasteiger charge is -2.17. The Kier molecular flexibility index (Phi) is 4.18. The maximum Gasteiger partial charge on any atom is 0.186 e. The number of hydrogen-bond donors (Lipinski definition) is 0. The standard InChI is InChI=1S/C27H18O2/c28-23-12-13-26(29)25(17-23)27-22(14-18-6-2-1-3-7-18)11-10-21-15-19-8-4-5-9-20(19)16-24(21)27/h1-13,15-17H,14H2. The molecule has 0 radical (unpaired) electrons. The fraction of sp³-hybridized carbons (Fsp3) is 0.0370. The van der Waals surface area contributed by atoms with Gasteiger partial charge in [-0.3, -0.25) is 9.59 Å². The molecule has 4 aromatic rings. The van der Waals surface area contributed by atoms with Gasteiger partial charge in [0.2, 0.25) is 0 Å². The molecule has 0 amide bonds. The Morgan fingerprint density at radius 1 is 0.655 bits per heavy atom. The number of rotatable bonds is 3. The van der Waals surface area contributed by atoms with Crippen LogP contribution < -0.4 is 0 Å². The van der Waals surface area contributed by atoms with Crippen molar-refractivity contribution in [1.82, 2.24) is 0 Å². The molecule has 2 heteroatoms. The van der Waals surface area contributed by atoms with E-state index in [1.54, 1.807) is 0 Å². The molecule has 0 aliphatic heterocycles. The summed E-state index contributed by atoms with van der Waals surface area (Å²) < 4.78 is 0. The highest BCUT2D eigenvalue weighted by Gasteiger charge is 2.21. The Morgan fingerprint density at radius 3 is 2.17 bits per heavy atom. The quantitative estimate of drug-likeness (QED) is 0.342. The highest BCUT2D eigenvalue weighted by atomic mass is 16.1. The smallest absolute Gasteiger partial charge is 0.186 e. The summed E-state index contributed by atoms with van der Waals surface area (Å²) in [5, 5.41) is 4.33. The van der Waals surface area contributed by atoms with E-state index in [1.807, 2.05) is 30.3 Å². The van der Waals surface area contributed by atoms with Gasteiger partial charge in [-0.2, -0.15) is 0 Å². The van der Waals surface area contributed by atoms with Crippen LogP contribution in [0.25, 0.3) is 27.1 Å². The fourth-order valence-corrected chi connectivity index (χ4v) is 4.04. The number of carbonyl (C=O) groups excluding carboxylic acids is 2. The summed E-state index contributed by atoms with van der Waals surface area (Å²) in [7, 11) is 0. The van der Waals surface area contributed by atoms with E-state index in [-0.39, 0.29) is 11.6 Å². The zero-order chi connectivity index (χ0) is 19.8. The van der Waals surface area contributed by atoms with E-state index in [9.17, 15) is 9.59 Å². The van der Waals surface area contributed by atoms with E-state index >= 15 is 0 Å². The molecule has 0 heterocycles. The van der Waals surface area contributed by atoms with Gasteiger partial charge >= 0.3 is 0 Å². The molecule has 1 aliphatic rings. The van der Waals surface area contributed by atoms with Gasteiger partial charge in [0, 0.05) is 5.57 Å². The van der Waals surface area contributed by atoms with Crippen LogP contribution in [-0.4, -0.2) is 11.6 Å². The molecule has 2 nitrogen and oxygen atoms in total. The van der Waals surface area contributed by atoms with Crippen molar-refractivity contribution in [2.75, 3.05) is 0 Å². The van der Waals surface area contributed by atoms with Crippen LogP contribution in [-0.2, 0) is 16.0 Å². The fourth-order valence-electron chi connectivity index (χ4n) is 4.04. The van der Waals surface area contributed by atoms with Crippen LogP contribution >= 0.6 is 0 Å². The van der Waals surface area contributed by atoms with Gasteiger partial charge in [-0.25, -0.2) is 0 Å². The van der Waals surface area contributed by atoms with Crippen molar-refractivity contribution < 1.29 is 9.59 Å². The van der Waals surface area contributed by atoms with Gasteiger partial charge in [0.1, 0.15) is 0 Å². The number of allylic oxidation sites excluding steroid dienone is 4. The Hall–Kier alpha value is -3.78. The number of carbonyl (C=O) groups is 2. The zero-order valence-electron chi connectivity index (χ0n) is 15.8. The largest absolute Gasteiger partial charge is 0.290 e. The lowest BCUT2D eigenvalue weighted by Crippen LogP contribution is -2.09. The first kappa shape index (κ1) is 17.3. The molecule has 0 atom stereocenters. The predicted octanol–water partition coefficient (Wildman–Crippen LogP) is 5.68. The molecule has 0 saturated heterocycles. The van der Waals surface area contributed by atoms with Crippen molar-refractivity contribution in [3.05, 3.63) is 114 Å². The van der Waals surface area contributed by atoms with E-state index in [1.165, 1.54) is 23.8 Å². The molecular formula is C27H18O2. The van der Waals surface area contributed by atoms with Crippen LogP contribution in [0.15, 0.2) is 97.1 Å². The molecule has 5 rings (SSSR count). The minimum absolute atomic E-state index is 0.125. The number of ketones is 2. The van der Waals surface area contributed by atoms with Crippen LogP contribution in [0.4, 0.5) is 0 Å². The summed E-state index contributed by atoms with van der Waals surface area (Å²) >= 11 is 0. The Labute approximate surface area is 168 Å². The molecule has 0 aromatic heterocycles. The first-order chi connectivity index (χ1) is 14.2. The number of fused-ring (bicyclic) bond motifs is 2. The van der Waals surface area contributed by atoms with Crippen molar-refractivity contribution in [3.63, 3.8) is 0 Å². The van der Waals surface area contributed by atoms with Crippen LogP contribution in [0.3, 0.4) is 0 Å². The minimum Gasteiger partial charge on any atom is -0.290 e. The van der Waals surface area contributed by atoms with Gasteiger partial charge in [-0.15, -0.1) is 0 Å². The van der Waals surface area contributed by atoms with Crippen molar-refractivity contribution in [1.29, 1.82) is 0 Å². The summed E-state index contributed by atoms with van der Waals surface area (Å²) in [4.78, 5) is 24.8. The summed E-state index contributed by atoms with van der Waals surface area (Å²) in [6.45, 7) is 0. The average molecular weight is 374 g/mol. The lowest BCUT2D eigenvalue weighted by molar-refractivity contribution is -0.113. The van der Waals surface area contributed by atoms with Crippen LogP contribution in [0.2, 0.25) is 0 Å². The van der Waals surface area contributed by atoms with E-state index in [0.29, 0.717) is 12.0 Å². The van der Waals surface area contributed by atoms with Crippen molar-refractivity contribution in [2.24, 2.45) is 0 Å². The lowest BCUT2D eigenvalue weighted by atomic mass is 9.85. The number of hydrogen-bond acceptors (Lipinski definition) is 2. The zero-order valence-corrected chi connectivity index (χ0v) is 15.8. The summed E-state index contributed by atoms with van der Waals surface area (Å²) in [6, 6.07) is 26.8. The maximum absolute atomic E-state index is 12.7. The predicted molar refractivity (Wildman–Crippen MR) is 118 cm³/mol. The molecule has 138 valence electrons. The van der Waals surface area contributed by atoms with Gasteiger partial charge in [0.25, 0.3) is 0 Å². The van der Waals surface area contributed by atoms with Crippen LogP contribution in [0.5, 0.6) is 0 Å².